The lowest BCUT2D eigenvalue weighted by molar-refractivity contribution is -0.149. The van der Waals surface area contributed by atoms with E-state index in [1.807, 2.05) is 50.2 Å². The number of carbonyl (C=O) groups is 17. The van der Waals surface area contributed by atoms with Gasteiger partial charge in [-0.25, -0.2) is 0 Å². The Labute approximate surface area is 798 Å². The van der Waals surface area contributed by atoms with E-state index in [0.717, 1.165) is 26.9 Å². The molecule has 0 aliphatic carbocycles. The highest BCUT2D eigenvalue weighted by molar-refractivity contribution is 8.00. The first-order valence-electron chi connectivity index (χ1n) is 47.4. The minimum absolute atomic E-state index is 0.00166. The van der Waals surface area contributed by atoms with E-state index in [0.29, 0.717) is 84.6 Å². The Hall–Kier alpha value is -12.0. The molecule has 3 saturated heterocycles. The van der Waals surface area contributed by atoms with Crippen LogP contribution >= 0.6 is 11.8 Å². The van der Waals surface area contributed by atoms with Crippen molar-refractivity contribution in [2.45, 2.75) is 269 Å². The van der Waals surface area contributed by atoms with E-state index in [1.54, 1.807) is 66.0 Å². The number of carbonyl (C=O) groups excluding carboxylic acids is 17. The van der Waals surface area contributed by atoms with Crippen molar-refractivity contribution in [2.75, 3.05) is 71.9 Å². The molecule has 3 aliphatic heterocycles. The number of ketones is 1. The number of Topliss-reactive ketones (excluding diaryl/α,β-unsaturated/α-hetero) is 1. The highest BCUT2D eigenvalue weighted by Gasteiger charge is 2.46. The number of aromatic amines is 2. The van der Waals surface area contributed by atoms with Crippen molar-refractivity contribution in [1.82, 2.24) is 92.9 Å². The van der Waals surface area contributed by atoms with Gasteiger partial charge < -0.3 is 114 Å². The number of hydrogen-bond donors (Lipinski definition) is 17. The van der Waals surface area contributed by atoms with Gasteiger partial charge in [0.1, 0.15) is 72.2 Å². The number of amides is 16. The third kappa shape index (κ3) is 32.1. The second-order valence-corrected chi connectivity index (χ2v) is 37.7. The Morgan fingerprint density at radius 3 is 1.75 bits per heavy atom. The van der Waals surface area contributed by atoms with Gasteiger partial charge in [-0.05, 0) is 137 Å². The zero-order valence-electron chi connectivity index (χ0n) is 80.2. The van der Waals surface area contributed by atoms with Gasteiger partial charge in [-0.3, -0.25) is 81.5 Å². The summed E-state index contributed by atoms with van der Waals surface area (Å²) in [6, 6.07) is 3.18. The Bertz CT molecular complexity index is 4980. The van der Waals surface area contributed by atoms with Crippen LogP contribution in [0.25, 0.3) is 21.8 Å². The molecule has 3 aliphatic rings. The Morgan fingerprint density at radius 1 is 0.566 bits per heavy atom. The van der Waals surface area contributed by atoms with Crippen molar-refractivity contribution in [3.05, 3.63) is 102 Å². The van der Waals surface area contributed by atoms with Crippen molar-refractivity contribution in [3.63, 3.8) is 0 Å². The number of nitrogens with one attached hydrogen (secondary N) is 13. The molecule has 1 unspecified atom stereocenters. The van der Waals surface area contributed by atoms with Crippen molar-refractivity contribution in [2.24, 2.45) is 23.5 Å². The minimum Gasteiger partial charge on any atom is -0.508 e. The highest BCUT2D eigenvalue weighted by Crippen LogP contribution is 2.30. The zero-order chi connectivity index (χ0) is 99.7. The standard InChI is InChI=1S/C95H140BN19O20S/c1-13-16-30-75-89(128)107-69(40-55(4)5)88(127)110-74(86(125)102-50-81(120)98-37-23-18-24-38-103-96(9)135)53-136-54-83(122)105-71(42-58-33-35-62(116)36-34-58)91(130)111(10)57(8)84(123)108-73(47-80(97)119)93(132)114-39-25-32-76(114)90(129)106-66(15-3)87(126)109-70(41-56(6)7)94(133)115-52-63(117)46-78(115)79(118)45-59(43-60-48-99-67-28-21-19-26-64(60)67)85(124)101-51-82(121)104-72(44-61-49-100-68-29-22-20-27-65(61)68)92(131)113(12)77(31-17-14-2)95(134)112(75)11/h19-22,26-29,33-36,48-49,55-57,59,63,66,69-78,99-100,103,116-117,135H,13-18,23-25,30-32,37-47,50-54H2,1-12H3,(H2,97,119)(H,98,120)(H,101,124)(H,102,125)(H,104,121)(H,105,122)(H,106,129)(H,107,128)(H,108,123)(H,109,126)(H,110,127)/t57-,59+,63+,66-,69-,70-,71-,72?,73-,74-,75-,76-,77-,78-/m0/s1. The van der Waals surface area contributed by atoms with E-state index < -0.39 is 224 Å². The van der Waals surface area contributed by atoms with E-state index in [1.165, 1.54) is 67.0 Å². The smallest absolute Gasteiger partial charge is 0.373 e. The van der Waals surface area contributed by atoms with Crippen LogP contribution in [-0.2, 0) is 101 Å². The topological polar surface area (TPSA) is 557 Å². The van der Waals surface area contributed by atoms with Gasteiger partial charge in [-0.1, -0.05) is 129 Å². The summed E-state index contributed by atoms with van der Waals surface area (Å²) in [5, 5.41) is 62.8. The third-order valence-corrected chi connectivity index (χ3v) is 26.0. The molecule has 136 heavy (non-hydrogen) atoms. The highest BCUT2D eigenvalue weighted by atomic mass is 32.2. The first-order chi connectivity index (χ1) is 64.7. The van der Waals surface area contributed by atoms with Crippen molar-refractivity contribution in [3.8, 4) is 5.75 Å². The molecular formula is C95H140BN19O20S. The lowest BCUT2D eigenvalue weighted by atomic mass is 9.89. The number of H-pyrrole nitrogens is 2. The van der Waals surface area contributed by atoms with Crippen LogP contribution in [0.15, 0.2) is 85.2 Å². The maximum atomic E-state index is 15.7. The molecule has 3 aromatic carbocycles. The number of phenols is 1. The number of fused-ring (bicyclic) bond motifs is 4. The van der Waals surface area contributed by atoms with E-state index >= 15 is 33.6 Å². The number of aromatic nitrogens is 2. The fourth-order valence-corrected chi connectivity index (χ4v) is 18.2. The molecule has 14 atom stereocenters. The molecule has 0 bridgehead atoms. The summed E-state index contributed by atoms with van der Waals surface area (Å²) in [4.78, 5) is 263. The number of aromatic hydroxyl groups is 1. The zero-order valence-corrected chi connectivity index (χ0v) is 81.0. The van der Waals surface area contributed by atoms with Gasteiger partial charge in [0.15, 0.2) is 5.78 Å². The number of para-hydroxylation sites is 2. The molecule has 0 radical (unpaired) electrons. The molecule has 39 nitrogen and oxygen atoms in total. The van der Waals surface area contributed by atoms with Crippen LogP contribution in [0.4, 0.5) is 0 Å². The largest absolute Gasteiger partial charge is 0.508 e. The lowest BCUT2D eigenvalue weighted by Crippen LogP contribution is -2.60. The van der Waals surface area contributed by atoms with Crippen LogP contribution in [0.3, 0.4) is 0 Å². The molecule has 5 aromatic rings. The predicted octanol–water partition coefficient (Wildman–Crippen LogP) is 1.53. The summed E-state index contributed by atoms with van der Waals surface area (Å²) in [7, 11) is 3.38. The molecule has 744 valence electrons. The quantitative estimate of drug-likeness (QED) is 0.0238. The number of nitrogens with two attached hydrogens (primary N) is 1. The first-order valence-corrected chi connectivity index (χ1v) is 48.6. The summed E-state index contributed by atoms with van der Waals surface area (Å²) >= 11 is 0.832. The number of thioether (sulfide) groups is 1. The summed E-state index contributed by atoms with van der Waals surface area (Å²) in [5.41, 5.74) is 8.77. The van der Waals surface area contributed by atoms with E-state index in [9.17, 15) is 63.2 Å². The number of unbranched alkanes of at least 4 members (excludes halogenated alkanes) is 4. The molecule has 3 fully saturated rings. The number of rotatable bonds is 29. The van der Waals surface area contributed by atoms with Crippen molar-refractivity contribution >= 4 is 141 Å². The second kappa shape index (κ2) is 53.5. The summed E-state index contributed by atoms with van der Waals surface area (Å²) in [5.74, 6) is -16.6. The van der Waals surface area contributed by atoms with Crippen molar-refractivity contribution in [1.29, 1.82) is 0 Å². The number of aliphatic hydroxyl groups excluding tert-OH is 1. The van der Waals surface area contributed by atoms with E-state index in [4.69, 9.17) is 5.73 Å². The number of aliphatic hydroxyl groups is 1. The molecular weight excluding hydrogens is 1770 g/mol. The van der Waals surface area contributed by atoms with Gasteiger partial charge >= 0.3 is 7.05 Å². The third-order valence-electron chi connectivity index (χ3n) is 25.0. The normalized spacial score (nSPS) is 24.2. The second-order valence-electron chi connectivity index (χ2n) is 36.7. The molecule has 5 heterocycles. The molecule has 18 N–H and O–H groups in total. The summed E-state index contributed by atoms with van der Waals surface area (Å²) < 4.78 is 0. The fourth-order valence-electron chi connectivity index (χ4n) is 17.3. The Morgan fingerprint density at radius 2 is 1.12 bits per heavy atom. The maximum absolute atomic E-state index is 15.7. The SMILES string of the molecule is CCCC[C@H]1C(=O)N(C)[C@@H](CCCC)C(=O)N[C@@H](CC(C)C)C(=O)N[C@H](C(=O)NCC(=O)NCCCCCNB(C)O)CSCC(=O)N[C@@H](Cc2ccc(O)cc2)C(=O)N(C)[C@@H](C)C(=O)N[C@@H](CC(N)=O)C(=O)N2CCC[C@H]2C(=O)N[C@@H](CC)C(=O)N[C@@H](CC(C)C)C(=O)N2C[C@H](O)C[C@H]2C(=O)C[C@@H](Cc2c[nH]c3ccccc23)C(=O)NCC(=O)NC(Cc2c[nH]c3ccccc23)C(=O)N1C. The van der Waals surface area contributed by atoms with E-state index in [2.05, 4.69) is 68.4 Å². The van der Waals surface area contributed by atoms with Crippen molar-refractivity contribution < 1.29 is 96.7 Å². The van der Waals surface area contributed by atoms with Crippen LogP contribution in [0, 0.1) is 17.8 Å². The number of phenolic OH excluding ortho intramolecular Hbond substituents is 1. The number of benzene rings is 3. The van der Waals surface area contributed by atoms with Crippen LogP contribution in [0.1, 0.15) is 181 Å². The molecule has 2 aromatic heterocycles. The number of likely N-dealkylation sites (N-methyl/N-ethyl adjacent to an activating group) is 3. The number of hydrogen-bond acceptors (Lipinski definition) is 22. The summed E-state index contributed by atoms with van der Waals surface area (Å²) in [6.45, 7) is 14.5. The van der Waals surface area contributed by atoms with Gasteiger partial charge in [0.25, 0.3) is 0 Å². The Kier molecular flexibility index (Phi) is 43.0. The van der Waals surface area contributed by atoms with Gasteiger partial charge in [0.2, 0.25) is 94.5 Å². The number of nitrogens with zero attached hydrogens (tertiary/aromatic N) is 5. The maximum Gasteiger partial charge on any atom is 0.373 e. The van der Waals surface area contributed by atoms with Gasteiger partial charge in [0.05, 0.1) is 37.4 Å². The van der Waals surface area contributed by atoms with Gasteiger partial charge in [0, 0.05) is 112 Å². The minimum atomic E-state index is -1.73. The van der Waals surface area contributed by atoms with Crippen LogP contribution < -0.4 is 64.1 Å². The van der Waals surface area contributed by atoms with Crippen LogP contribution in [0.5, 0.6) is 5.75 Å². The average Bonchev–Trinajstić information content (AvgIpc) is 1.41. The first kappa shape index (κ1) is 109. The summed E-state index contributed by atoms with van der Waals surface area (Å²) in [6.07, 6.45) is 4.20. The van der Waals surface area contributed by atoms with Crippen LogP contribution in [-0.4, -0.2) is 308 Å². The Balaban J connectivity index is 1.16. The van der Waals surface area contributed by atoms with E-state index in [-0.39, 0.29) is 114 Å². The van der Waals surface area contributed by atoms with Crippen LogP contribution in [0.2, 0.25) is 6.82 Å². The molecule has 41 heteroatoms. The predicted molar refractivity (Wildman–Crippen MR) is 513 cm³/mol. The molecule has 8 rings (SSSR count). The monoisotopic (exact) mass is 1910 g/mol. The number of primary amides is 1. The van der Waals surface area contributed by atoms with Gasteiger partial charge in [-0.15, -0.1) is 11.8 Å². The average molecular weight is 1910 g/mol. The lowest BCUT2D eigenvalue weighted by Gasteiger charge is -2.36. The molecule has 16 amide bonds. The van der Waals surface area contributed by atoms with Gasteiger partial charge in [-0.2, -0.15) is 0 Å². The molecule has 0 spiro atoms. The molecule has 0 saturated carbocycles. The fraction of sp³-hybridized carbons (Fsp3) is 0.589.